The molecular formula is C13H25ClN2O2. The summed E-state index contributed by atoms with van der Waals surface area (Å²) >= 11 is 0. The Kier molecular flexibility index (Phi) is 6.39. The van der Waals surface area contributed by atoms with E-state index in [1.165, 1.54) is 25.7 Å². The maximum atomic E-state index is 11.9. The van der Waals surface area contributed by atoms with Crippen LogP contribution >= 0.6 is 12.4 Å². The zero-order chi connectivity index (χ0) is 12.1. The topological polar surface area (TPSA) is 50.4 Å². The van der Waals surface area contributed by atoms with Crippen LogP contribution in [0.2, 0.25) is 0 Å². The van der Waals surface area contributed by atoms with Crippen molar-refractivity contribution in [2.75, 3.05) is 26.8 Å². The third kappa shape index (κ3) is 4.41. The number of rotatable bonds is 6. The maximum Gasteiger partial charge on any atom is 0.237 e. The molecule has 1 heterocycles. The fourth-order valence-electron chi connectivity index (χ4n) is 2.48. The van der Waals surface area contributed by atoms with Gasteiger partial charge in [0.15, 0.2) is 0 Å². The summed E-state index contributed by atoms with van der Waals surface area (Å²) in [7, 11) is 1.74. The summed E-state index contributed by atoms with van der Waals surface area (Å²) in [5, 5.41) is 6.39. The summed E-state index contributed by atoms with van der Waals surface area (Å²) < 4.78 is 5.12. The minimum atomic E-state index is 0. The summed E-state index contributed by atoms with van der Waals surface area (Å²) in [6.45, 7) is 2.61. The number of carbonyl (C=O) groups is 1. The van der Waals surface area contributed by atoms with Crippen molar-refractivity contribution in [2.24, 2.45) is 5.41 Å². The van der Waals surface area contributed by atoms with Crippen LogP contribution in [0.4, 0.5) is 0 Å². The van der Waals surface area contributed by atoms with E-state index in [9.17, 15) is 4.79 Å². The summed E-state index contributed by atoms with van der Waals surface area (Å²) in [4.78, 5) is 11.9. The molecule has 106 valence electrons. The maximum absolute atomic E-state index is 11.9. The Hall–Kier alpha value is -0.320. The molecule has 1 aliphatic heterocycles. The van der Waals surface area contributed by atoms with Gasteiger partial charge in [-0.2, -0.15) is 0 Å². The number of methoxy groups -OCH3 is 1. The molecule has 1 amide bonds. The van der Waals surface area contributed by atoms with E-state index >= 15 is 0 Å². The number of halogens is 1. The van der Waals surface area contributed by atoms with Crippen LogP contribution in [0.15, 0.2) is 0 Å². The standard InChI is InChI=1S/C13H24N2O2.ClH/c1-17-9-7-13(5-6-13)10-15-12(16)11-4-2-3-8-14-11;/h11,14H,2-10H2,1H3,(H,15,16);1H/t11-;/m1./s1. The lowest BCUT2D eigenvalue weighted by Crippen LogP contribution is -2.47. The predicted octanol–water partition coefficient (Wildman–Crippen LogP) is 1.48. The normalized spacial score (nSPS) is 25.1. The monoisotopic (exact) mass is 276 g/mol. The number of hydrogen-bond donors (Lipinski definition) is 2. The van der Waals surface area contributed by atoms with Gasteiger partial charge < -0.3 is 15.4 Å². The Balaban J connectivity index is 0.00000162. The molecule has 2 fully saturated rings. The van der Waals surface area contributed by atoms with E-state index in [2.05, 4.69) is 10.6 Å². The summed E-state index contributed by atoms with van der Waals surface area (Å²) in [5.74, 6) is 0.188. The van der Waals surface area contributed by atoms with E-state index < -0.39 is 0 Å². The third-order valence-electron chi connectivity index (χ3n) is 4.06. The molecule has 0 spiro atoms. The predicted molar refractivity (Wildman–Crippen MR) is 74.1 cm³/mol. The Bertz CT molecular complexity index is 264. The molecule has 0 aromatic rings. The largest absolute Gasteiger partial charge is 0.385 e. The van der Waals surface area contributed by atoms with Crippen molar-refractivity contribution in [3.05, 3.63) is 0 Å². The third-order valence-corrected chi connectivity index (χ3v) is 4.06. The first kappa shape index (κ1) is 15.7. The van der Waals surface area contributed by atoms with Gasteiger partial charge in [-0.05, 0) is 44.1 Å². The highest BCUT2D eigenvalue weighted by Gasteiger charge is 2.42. The average molecular weight is 277 g/mol. The lowest BCUT2D eigenvalue weighted by molar-refractivity contribution is -0.124. The van der Waals surface area contributed by atoms with Gasteiger partial charge in [0.2, 0.25) is 5.91 Å². The zero-order valence-electron chi connectivity index (χ0n) is 11.2. The first-order chi connectivity index (χ1) is 8.26. The smallest absolute Gasteiger partial charge is 0.237 e. The van der Waals surface area contributed by atoms with Crippen molar-refractivity contribution in [2.45, 2.75) is 44.6 Å². The summed E-state index contributed by atoms with van der Waals surface area (Å²) in [6, 6.07) is 0.0435. The summed E-state index contributed by atoms with van der Waals surface area (Å²) in [6.07, 6.45) is 6.88. The molecule has 0 radical (unpaired) electrons. The Morgan fingerprint density at radius 2 is 2.22 bits per heavy atom. The molecule has 1 saturated heterocycles. The van der Waals surface area contributed by atoms with Gasteiger partial charge in [0.1, 0.15) is 0 Å². The quantitative estimate of drug-likeness (QED) is 0.773. The summed E-state index contributed by atoms with van der Waals surface area (Å²) in [5.41, 5.74) is 0.348. The number of piperidine rings is 1. The fourth-order valence-corrected chi connectivity index (χ4v) is 2.48. The molecule has 18 heavy (non-hydrogen) atoms. The molecule has 5 heteroatoms. The molecule has 1 atom stereocenters. The van der Waals surface area contributed by atoms with Gasteiger partial charge >= 0.3 is 0 Å². The van der Waals surface area contributed by atoms with Crippen molar-refractivity contribution in [3.63, 3.8) is 0 Å². The van der Waals surface area contributed by atoms with Crippen LogP contribution in [-0.4, -0.2) is 38.8 Å². The molecule has 0 bridgehead atoms. The van der Waals surface area contributed by atoms with E-state index in [0.29, 0.717) is 5.41 Å². The lowest BCUT2D eigenvalue weighted by atomic mass is 10.0. The SMILES string of the molecule is COCCC1(CNC(=O)[C@H]2CCCCN2)CC1.Cl. The zero-order valence-corrected chi connectivity index (χ0v) is 12.0. The van der Waals surface area contributed by atoms with Crippen molar-refractivity contribution in [1.82, 2.24) is 10.6 Å². The number of ether oxygens (including phenoxy) is 1. The minimum Gasteiger partial charge on any atom is -0.385 e. The van der Waals surface area contributed by atoms with Crippen LogP contribution in [-0.2, 0) is 9.53 Å². The Morgan fingerprint density at radius 1 is 1.44 bits per heavy atom. The number of carbonyl (C=O) groups excluding carboxylic acids is 1. The van der Waals surface area contributed by atoms with E-state index in [0.717, 1.165) is 32.5 Å². The molecular weight excluding hydrogens is 252 g/mol. The van der Waals surface area contributed by atoms with Gasteiger partial charge in [-0.25, -0.2) is 0 Å². The van der Waals surface area contributed by atoms with Gasteiger partial charge in [0, 0.05) is 20.3 Å². The molecule has 0 aromatic heterocycles. The molecule has 1 saturated carbocycles. The average Bonchev–Trinajstić information content (AvgIpc) is 3.15. The Morgan fingerprint density at radius 3 is 2.78 bits per heavy atom. The second kappa shape index (κ2) is 7.31. The van der Waals surface area contributed by atoms with Crippen LogP contribution < -0.4 is 10.6 Å². The van der Waals surface area contributed by atoms with E-state index in [-0.39, 0.29) is 24.4 Å². The van der Waals surface area contributed by atoms with Crippen LogP contribution in [0.25, 0.3) is 0 Å². The first-order valence-electron chi connectivity index (χ1n) is 6.76. The molecule has 2 rings (SSSR count). The highest BCUT2D eigenvalue weighted by atomic mass is 35.5. The van der Waals surface area contributed by atoms with Crippen LogP contribution in [0.5, 0.6) is 0 Å². The van der Waals surface area contributed by atoms with Crippen LogP contribution in [0, 0.1) is 5.41 Å². The highest BCUT2D eigenvalue weighted by molar-refractivity contribution is 5.85. The van der Waals surface area contributed by atoms with E-state index in [1.54, 1.807) is 7.11 Å². The van der Waals surface area contributed by atoms with Crippen molar-refractivity contribution < 1.29 is 9.53 Å². The second-order valence-corrected chi connectivity index (χ2v) is 5.46. The van der Waals surface area contributed by atoms with Gasteiger partial charge in [-0.1, -0.05) is 6.42 Å². The van der Waals surface area contributed by atoms with Gasteiger partial charge in [-0.15, -0.1) is 12.4 Å². The Labute approximate surface area is 116 Å². The molecule has 0 unspecified atom stereocenters. The van der Waals surface area contributed by atoms with Gasteiger partial charge in [0.05, 0.1) is 6.04 Å². The van der Waals surface area contributed by atoms with Gasteiger partial charge in [0.25, 0.3) is 0 Å². The van der Waals surface area contributed by atoms with E-state index in [1.807, 2.05) is 0 Å². The van der Waals surface area contributed by atoms with Gasteiger partial charge in [-0.3, -0.25) is 4.79 Å². The fraction of sp³-hybridized carbons (Fsp3) is 0.923. The molecule has 1 aliphatic carbocycles. The molecule has 2 aliphatic rings. The molecule has 4 nitrogen and oxygen atoms in total. The van der Waals surface area contributed by atoms with Crippen LogP contribution in [0.3, 0.4) is 0 Å². The lowest BCUT2D eigenvalue weighted by Gasteiger charge is -2.24. The number of amides is 1. The molecule has 0 aromatic carbocycles. The van der Waals surface area contributed by atoms with Crippen molar-refractivity contribution >= 4 is 18.3 Å². The highest BCUT2D eigenvalue weighted by Crippen LogP contribution is 2.48. The number of nitrogens with one attached hydrogen (secondary N) is 2. The van der Waals surface area contributed by atoms with Crippen molar-refractivity contribution in [3.8, 4) is 0 Å². The van der Waals surface area contributed by atoms with Crippen LogP contribution in [0.1, 0.15) is 38.5 Å². The minimum absolute atomic E-state index is 0. The van der Waals surface area contributed by atoms with E-state index in [4.69, 9.17) is 4.74 Å². The first-order valence-corrected chi connectivity index (χ1v) is 6.76. The molecule has 2 N–H and O–H groups in total. The van der Waals surface area contributed by atoms with Crippen molar-refractivity contribution in [1.29, 1.82) is 0 Å². The number of hydrogen-bond acceptors (Lipinski definition) is 3. The second-order valence-electron chi connectivity index (χ2n) is 5.46.